The monoisotopic (exact) mass is 445 g/mol. The summed E-state index contributed by atoms with van der Waals surface area (Å²) >= 11 is 2.37. The smallest absolute Gasteiger partial charge is 0.133 e. The second kappa shape index (κ2) is 5.24. The maximum Gasteiger partial charge on any atom is 0.133 e. The molecular formula is C21H24IN3. The van der Waals surface area contributed by atoms with Crippen molar-refractivity contribution in [1.29, 1.82) is 0 Å². The fourth-order valence-electron chi connectivity index (χ4n) is 6.77. The van der Waals surface area contributed by atoms with Crippen LogP contribution in [0.25, 0.3) is 5.69 Å². The summed E-state index contributed by atoms with van der Waals surface area (Å²) in [5.41, 5.74) is 4.58. The van der Waals surface area contributed by atoms with Gasteiger partial charge in [-0.15, -0.1) is 0 Å². The number of hydrogen-bond acceptors (Lipinski definition) is 2. The summed E-state index contributed by atoms with van der Waals surface area (Å²) < 4.78 is 3.48. The van der Waals surface area contributed by atoms with Crippen LogP contribution in [0.5, 0.6) is 0 Å². The summed E-state index contributed by atoms with van der Waals surface area (Å²) in [5.74, 6) is 4.19. The molecule has 1 aromatic carbocycles. The minimum Gasteiger partial charge on any atom is -0.369 e. The third kappa shape index (κ3) is 2.18. The van der Waals surface area contributed by atoms with Crippen LogP contribution < -0.4 is 5.32 Å². The number of nitrogens with one attached hydrogen (secondary N) is 1. The molecule has 4 bridgehead atoms. The van der Waals surface area contributed by atoms with Crippen LogP contribution in [-0.2, 0) is 11.8 Å². The average Bonchev–Trinajstić information content (AvgIpc) is 3.17. The molecule has 3 nitrogen and oxygen atoms in total. The van der Waals surface area contributed by atoms with E-state index in [-0.39, 0.29) is 0 Å². The summed E-state index contributed by atoms with van der Waals surface area (Å²) in [6.45, 7) is 1.07. The zero-order valence-corrected chi connectivity index (χ0v) is 16.6. The molecule has 2 heterocycles. The summed E-state index contributed by atoms with van der Waals surface area (Å²) in [7, 11) is 0. The Labute approximate surface area is 162 Å². The van der Waals surface area contributed by atoms with Crippen molar-refractivity contribution in [3.05, 3.63) is 39.1 Å². The van der Waals surface area contributed by atoms with Gasteiger partial charge in [0.25, 0.3) is 0 Å². The first-order valence-electron chi connectivity index (χ1n) is 9.82. The highest BCUT2D eigenvalue weighted by Crippen LogP contribution is 2.61. The van der Waals surface area contributed by atoms with Crippen molar-refractivity contribution in [2.75, 3.05) is 11.9 Å². The van der Waals surface area contributed by atoms with E-state index in [9.17, 15) is 0 Å². The second-order valence-corrected chi connectivity index (χ2v) is 10.2. The first-order valence-corrected chi connectivity index (χ1v) is 10.9. The molecule has 4 fully saturated rings. The van der Waals surface area contributed by atoms with E-state index in [1.54, 1.807) is 0 Å². The molecule has 1 aromatic heterocycles. The number of anilines is 1. The van der Waals surface area contributed by atoms with Gasteiger partial charge < -0.3 is 5.32 Å². The van der Waals surface area contributed by atoms with Gasteiger partial charge in [-0.3, -0.25) is 0 Å². The predicted octanol–water partition coefficient (Wildman–Crippen LogP) is 4.91. The Kier molecular flexibility index (Phi) is 3.16. The highest BCUT2D eigenvalue weighted by molar-refractivity contribution is 14.1. The molecule has 0 amide bonds. The number of nitrogens with zero attached hydrogens (tertiary/aromatic N) is 2. The molecular weight excluding hydrogens is 421 g/mol. The Bertz CT molecular complexity index is 800. The maximum absolute atomic E-state index is 5.27. The van der Waals surface area contributed by atoms with Crippen molar-refractivity contribution in [2.45, 2.75) is 50.4 Å². The molecule has 1 aliphatic heterocycles. The van der Waals surface area contributed by atoms with Crippen LogP contribution >= 0.6 is 22.6 Å². The quantitative estimate of drug-likeness (QED) is 0.666. The van der Waals surface area contributed by atoms with E-state index in [4.69, 9.17) is 5.10 Å². The molecule has 7 rings (SSSR count). The molecule has 4 aliphatic carbocycles. The number of halogens is 1. The number of fused-ring (bicyclic) bond motifs is 1. The first kappa shape index (κ1) is 15.1. The highest BCUT2D eigenvalue weighted by atomic mass is 127. The minimum absolute atomic E-state index is 0.388. The average molecular weight is 445 g/mol. The molecule has 0 saturated heterocycles. The lowest BCUT2D eigenvalue weighted by Crippen LogP contribution is -2.49. The molecule has 130 valence electrons. The van der Waals surface area contributed by atoms with Gasteiger partial charge in [0.15, 0.2) is 0 Å². The number of aromatic nitrogens is 2. The van der Waals surface area contributed by atoms with Crippen molar-refractivity contribution in [1.82, 2.24) is 9.78 Å². The van der Waals surface area contributed by atoms with E-state index < -0.39 is 0 Å². The zero-order chi connectivity index (χ0) is 16.6. The molecule has 1 N–H and O–H groups in total. The molecule has 2 aromatic rings. The van der Waals surface area contributed by atoms with Crippen LogP contribution in [0.4, 0.5) is 5.82 Å². The fraction of sp³-hybridized carbons (Fsp3) is 0.571. The van der Waals surface area contributed by atoms with Gasteiger partial charge in [0.1, 0.15) is 5.82 Å². The molecule has 0 unspecified atom stereocenters. The van der Waals surface area contributed by atoms with E-state index in [1.165, 1.54) is 64.9 Å². The van der Waals surface area contributed by atoms with Crippen LogP contribution in [-0.4, -0.2) is 16.3 Å². The van der Waals surface area contributed by atoms with Gasteiger partial charge in [-0.1, -0.05) is 0 Å². The van der Waals surface area contributed by atoms with E-state index in [0.29, 0.717) is 5.41 Å². The predicted molar refractivity (Wildman–Crippen MR) is 108 cm³/mol. The molecule has 0 radical (unpaired) electrons. The van der Waals surface area contributed by atoms with Gasteiger partial charge in [0, 0.05) is 21.1 Å². The molecule has 25 heavy (non-hydrogen) atoms. The van der Waals surface area contributed by atoms with Crippen molar-refractivity contribution in [3.8, 4) is 5.69 Å². The third-order valence-electron chi connectivity index (χ3n) is 7.26. The largest absolute Gasteiger partial charge is 0.369 e. The molecule has 0 atom stereocenters. The Morgan fingerprint density at radius 3 is 2.28 bits per heavy atom. The van der Waals surface area contributed by atoms with Gasteiger partial charge in [-0.2, -0.15) is 5.10 Å². The topological polar surface area (TPSA) is 29.9 Å². The Balaban J connectivity index is 1.49. The third-order valence-corrected chi connectivity index (χ3v) is 7.98. The summed E-state index contributed by atoms with van der Waals surface area (Å²) in [5, 5.41) is 8.91. The molecule has 0 spiro atoms. The van der Waals surface area contributed by atoms with Crippen LogP contribution in [0.15, 0.2) is 24.3 Å². The summed E-state index contributed by atoms with van der Waals surface area (Å²) in [6, 6.07) is 8.78. The molecule has 5 aliphatic rings. The lowest BCUT2D eigenvalue weighted by molar-refractivity contribution is -0.00770. The van der Waals surface area contributed by atoms with Crippen LogP contribution in [0, 0.1) is 21.3 Å². The fourth-order valence-corrected chi connectivity index (χ4v) is 7.13. The lowest BCUT2D eigenvalue weighted by Gasteiger charge is -2.56. The standard InChI is InChI=1S/C21H24IN3/c22-16-1-3-17(4-2-16)25-20-18(5-6-23-20)19(24-25)21-10-13-7-14(11-21)9-15(8-13)12-21/h1-4,13-15,23H,5-12H2. The molecule has 4 heteroatoms. The van der Waals surface area contributed by atoms with Gasteiger partial charge in [0.2, 0.25) is 0 Å². The summed E-state index contributed by atoms with van der Waals surface area (Å²) in [4.78, 5) is 0. The van der Waals surface area contributed by atoms with Crippen LogP contribution in [0.3, 0.4) is 0 Å². The SMILES string of the molecule is Ic1ccc(-n2nc(C34CC5CC(CC(C5)C3)C4)c3c2NCC3)cc1. The minimum atomic E-state index is 0.388. The normalized spacial score (nSPS) is 35.0. The van der Waals surface area contributed by atoms with Gasteiger partial charge in [0.05, 0.1) is 11.4 Å². The highest BCUT2D eigenvalue weighted by Gasteiger charge is 2.54. The summed E-state index contributed by atoms with van der Waals surface area (Å²) in [6.07, 6.45) is 9.84. The van der Waals surface area contributed by atoms with Crippen LogP contribution in [0.2, 0.25) is 0 Å². The van der Waals surface area contributed by atoms with Crippen molar-refractivity contribution < 1.29 is 0 Å². The van der Waals surface area contributed by atoms with E-state index in [1.807, 2.05) is 0 Å². The van der Waals surface area contributed by atoms with Gasteiger partial charge in [-0.05, 0) is 110 Å². The Morgan fingerprint density at radius 2 is 1.64 bits per heavy atom. The number of rotatable bonds is 2. The maximum atomic E-state index is 5.27. The zero-order valence-electron chi connectivity index (χ0n) is 14.5. The number of benzene rings is 1. The molecule has 4 saturated carbocycles. The Hall–Kier alpha value is -1.04. The second-order valence-electron chi connectivity index (χ2n) is 8.94. The van der Waals surface area contributed by atoms with Crippen molar-refractivity contribution in [3.63, 3.8) is 0 Å². The van der Waals surface area contributed by atoms with Crippen molar-refractivity contribution in [2.24, 2.45) is 17.8 Å². The van der Waals surface area contributed by atoms with E-state index in [2.05, 4.69) is 56.9 Å². The Morgan fingerprint density at radius 1 is 1.00 bits per heavy atom. The van der Waals surface area contributed by atoms with Crippen LogP contribution in [0.1, 0.15) is 49.8 Å². The first-order chi connectivity index (χ1) is 12.2. The van der Waals surface area contributed by atoms with Crippen molar-refractivity contribution >= 4 is 28.4 Å². The van der Waals surface area contributed by atoms with E-state index in [0.717, 1.165) is 30.7 Å². The van der Waals surface area contributed by atoms with Gasteiger partial charge >= 0.3 is 0 Å². The number of hydrogen-bond donors (Lipinski definition) is 1. The lowest BCUT2D eigenvalue weighted by atomic mass is 9.48. The van der Waals surface area contributed by atoms with Gasteiger partial charge in [-0.25, -0.2) is 4.68 Å². The van der Waals surface area contributed by atoms with E-state index >= 15 is 0 Å².